The van der Waals surface area contributed by atoms with Gasteiger partial charge in [-0.3, -0.25) is 15.0 Å². The quantitative estimate of drug-likeness (QED) is 0.696. The second-order valence-corrected chi connectivity index (χ2v) is 4.93. The van der Waals surface area contributed by atoms with Crippen LogP contribution in [-0.4, -0.2) is 48.6 Å². The fourth-order valence-electron chi connectivity index (χ4n) is 2.18. The summed E-state index contributed by atoms with van der Waals surface area (Å²) in [6.45, 7) is 7.80. The molecule has 4 N–H and O–H groups in total. The largest absolute Gasteiger partial charge is 0.338 e. The lowest BCUT2D eigenvalue weighted by molar-refractivity contribution is -0.124. The molecule has 1 aliphatic rings. The molecule has 3 amide bonds. The Labute approximate surface area is 120 Å². The number of nitrogens with one attached hydrogen (secondary N) is 2. The van der Waals surface area contributed by atoms with Crippen molar-refractivity contribution in [3.05, 3.63) is 0 Å². The zero-order valence-corrected chi connectivity index (χ0v) is 12.6. The summed E-state index contributed by atoms with van der Waals surface area (Å²) in [6.07, 6.45) is 1.01. The first-order valence-electron chi connectivity index (χ1n) is 6.54. The highest BCUT2D eigenvalue weighted by atomic mass is 35.5. The topological polar surface area (TPSA) is 87.5 Å². The average molecular weight is 293 g/mol. The molecule has 19 heavy (non-hydrogen) atoms. The van der Waals surface area contributed by atoms with Crippen LogP contribution in [0, 0.1) is 5.92 Å². The number of hydrogen-bond acceptors (Lipinski definition) is 4. The van der Waals surface area contributed by atoms with E-state index in [4.69, 9.17) is 5.73 Å². The number of halogens is 1. The molecule has 1 fully saturated rings. The molecule has 0 aromatic heterocycles. The number of likely N-dealkylation sites (tertiary alicyclic amines) is 1. The third-order valence-corrected chi connectivity index (χ3v) is 3.50. The first-order valence-corrected chi connectivity index (χ1v) is 6.54. The van der Waals surface area contributed by atoms with Crippen molar-refractivity contribution in [2.75, 3.05) is 19.6 Å². The Morgan fingerprint density at radius 1 is 1.42 bits per heavy atom. The minimum Gasteiger partial charge on any atom is -0.338 e. The van der Waals surface area contributed by atoms with Crippen LogP contribution in [0.25, 0.3) is 0 Å². The number of imide groups is 1. The lowest BCUT2D eigenvalue weighted by atomic mass is 10.0. The van der Waals surface area contributed by atoms with Gasteiger partial charge in [-0.1, -0.05) is 0 Å². The molecule has 112 valence electrons. The molecule has 0 aliphatic carbocycles. The van der Waals surface area contributed by atoms with Crippen LogP contribution in [0.3, 0.4) is 0 Å². The lowest BCUT2D eigenvalue weighted by Crippen LogP contribution is -2.49. The van der Waals surface area contributed by atoms with Crippen LogP contribution in [0.2, 0.25) is 0 Å². The van der Waals surface area contributed by atoms with Crippen molar-refractivity contribution in [3.63, 3.8) is 0 Å². The molecule has 0 bridgehead atoms. The van der Waals surface area contributed by atoms with Gasteiger partial charge in [0.2, 0.25) is 5.91 Å². The molecule has 0 saturated carbocycles. The van der Waals surface area contributed by atoms with Crippen LogP contribution < -0.4 is 16.4 Å². The van der Waals surface area contributed by atoms with E-state index in [2.05, 4.69) is 15.5 Å². The minimum absolute atomic E-state index is 0. The third kappa shape index (κ3) is 5.34. The van der Waals surface area contributed by atoms with Gasteiger partial charge >= 0.3 is 6.03 Å². The van der Waals surface area contributed by atoms with Gasteiger partial charge in [-0.15, -0.1) is 12.4 Å². The van der Waals surface area contributed by atoms with Crippen LogP contribution in [0.15, 0.2) is 0 Å². The predicted octanol–water partition coefficient (Wildman–Crippen LogP) is 0.312. The number of carbonyl (C=O) groups is 2. The summed E-state index contributed by atoms with van der Waals surface area (Å²) in [5.74, 6) is 0.177. The molecular weight excluding hydrogens is 268 g/mol. The fourth-order valence-corrected chi connectivity index (χ4v) is 2.18. The second kappa shape index (κ2) is 8.35. The van der Waals surface area contributed by atoms with E-state index >= 15 is 0 Å². The molecule has 1 saturated heterocycles. The normalized spacial score (nSPS) is 22.2. The van der Waals surface area contributed by atoms with Crippen LogP contribution in [0.4, 0.5) is 4.79 Å². The molecule has 7 heteroatoms. The van der Waals surface area contributed by atoms with Gasteiger partial charge in [-0.05, 0) is 39.7 Å². The van der Waals surface area contributed by atoms with Gasteiger partial charge in [0.1, 0.15) is 0 Å². The van der Waals surface area contributed by atoms with Crippen LogP contribution in [0.5, 0.6) is 0 Å². The van der Waals surface area contributed by atoms with Gasteiger partial charge in [-0.25, -0.2) is 4.79 Å². The number of nitrogens with zero attached hydrogens (tertiary/aromatic N) is 1. The predicted molar refractivity (Wildman–Crippen MR) is 77.3 cm³/mol. The van der Waals surface area contributed by atoms with Gasteiger partial charge in [-0.2, -0.15) is 0 Å². The van der Waals surface area contributed by atoms with E-state index in [0.717, 1.165) is 19.5 Å². The van der Waals surface area contributed by atoms with E-state index < -0.39 is 6.03 Å². The number of urea groups is 1. The van der Waals surface area contributed by atoms with Crippen molar-refractivity contribution < 1.29 is 9.59 Å². The molecule has 3 unspecified atom stereocenters. The monoisotopic (exact) mass is 292 g/mol. The molecule has 0 aromatic carbocycles. The Balaban J connectivity index is 0.00000324. The molecule has 1 rings (SSSR count). The van der Waals surface area contributed by atoms with E-state index in [9.17, 15) is 9.59 Å². The van der Waals surface area contributed by atoms with E-state index in [-0.39, 0.29) is 30.4 Å². The molecule has 1 heterocycles. The van der Waals surface area contributed by atoms with Crippen molar-refractivity contribution >= 4 is 24.3 Å². The van der Waals surface area contributed by atoms with Crippen LogP contribution in [0.1, 0.15) is 27.2 Å². The first-order chi connectivity index (χ1) is 8.45. The van der Waals surface area contributed by atoms with Crippen LogP contribution in [-0.2, 0) is 4.79 Å². The molecule has 0 spiro atoms. The van der Waals surface area contributed by atoms with Crippen molar-refractivity contribution in [1.82, 2.24) is 15.5 Å². The summed E-state index contributed by atoms with van der Waals surface area (Å²) in [6, 6.07) is -0.581. The maximum Gasteiger partial charge on any atom is 0.321 e. The van der Waals surface area contributed by atoms with E-state index in [1.54, 1.807) is 6.92 Å². The molecular formula is C12H25ClN4O2. The summed E-state index contributed by atoms with van der Waals surface area (Å²) < 4.78 is 0. The fraction of sp³-hybridized carbons (Fsp3) is 0.833. The highest BCUT2D eigenvalue weighted by molar-refractivity contribution is 5.96. The summed E-state index contributed by atoms with van der Waals surface area (Å²) >= 11 is 0. The molecule has 3 atom stereocenters. The van der Waals surface area contributed by atoms with E-state index in [0.29, 0.717) is 12.5 Å². The number of carbonyl (C=O) groups excluding carboxylic acids is 2. The maximum atomic E-state index is 11.8. The van der Waals surface area contributed by atoms with Crippen LogP contribution >= 0.6 is 12.4 Å². The molecule has 1 aliphatic heterocycles. The van der Waals surface area contributed by atoms with Gasteiger partial charge < -0.3 is 11.1 Å². The van der Waals surface area contributed by atoms with Gasteiger partial charge in [0.25, 0.3) is 0 Å². The Hall–Kier alpha value is -0.850. The van der Waals surface area contributed by atoms with Gasteiger partial charge in [0, 0.05) is 19.1 Å². The van der Waals surface area contributed by atoms with Crippen molar-refractivity contribution in [1.29, 1.82) is 0 Å². The second-order valence-electron chi connectivity index (χ2n) is 4.93. The summed E-state index contributed by atoms with van der Waals surface area (Å²) in [5.41, 5.74) is 5.87. The zero-order valence-electron chi connectivity index (χ0n) is 11.8. The average Bonchev–Trinajstić information content (AvgIpc) is 2.77. The van der Waals surface area contributed by atoms with E-state index in [1.165, 1.54) is 0 Å². The molecule has 0 radical (unpaired) electrons. The summed E-state index contributed by atoms with van der Waals surface area (Å²) in [5, 5.41) is 4.88. The Morgan fingerprint density at radius 3 is 2.53 bits per heavy atom. The minimum atomic E-state index is -0.433. The molecule has 6 nitrogen and oxygen atoms in total. The van der Waals surface area contributed by atoms with E-state index in [1.807, 2.05) is 13.8 Å². The molecule has 0 aromatic rings. The number of hydrogen-bond donors (Lipinski definition) is 3. The van der Waals surface area contributed by atoms with Crippen molar-refractivity contribution in [3.8, 4) is 0 Å². The highest BCUT2D eigenvalue weighted by Crippen LogP contribution is 2.20. The highest BCUT2D eigenvalue weighted by Gasteiger charge is 2.31. The summed E-state index contributed by atoms with van der Waals surface area (Å²) in [7, 11) is 0. The smallest absolute Gasteiger partial charge is 0.321 e. The lowest BCUT2D eigenvalue weighted by Gasteiger charge is -2.23. The zero-order chi connectivity index (χ0) is 13.7. The maximum absolute atomic E-state index is 11.8. The number of rotatable bonds is 4. The first kappa shape index (κ1) is 18.1. The summed E-state index contributed by atoms with van der Waals surface area (Å²) in [4.78, 5) is 25.2. The third-order valence-electron chi connectivity index (χ3n) is 3.50. The number of nitrogens with two attached hydrogens (primary N) is 1. The van der Waals surface area contributed by atoms with Crippen molar-refractivity contribution in [2.45, 2.75) is 39.3 Å². The van der Waals surface area contributed by atoms with Gasteiger partial charge in [0.15, 0.2) is 0 Å². The standard InChI is InChI=1S/C12H24N4O2.ClH/c1-4-14-12(18)15-11(17)9(3)16-6-5-10(7-16)8(2)13;/h8-10H,4-7,13H2,1-3H3,(H2,14,15,17,18);1H. The SMILES string of the molecule is CCNC(=O)NC(=O)C(C)N1CCC(C(C)N)C1.Cl. The van der Waals surface area contributed by atoms with Crippen molar-refractivity contribution in [2.24, 2.45) is 11.7 Å². The Kier molecular flexibility index (Phi) is 7.97. The Morgan fingerprint density at radius 2 is 2.05 bits per heavy atom. The van der Waals surface area contributed by atoms with Gasteiger partial charge in [0.05, 0.1) is 6.04 Å². The Bertz CT molecular complexity index is 312. The number of amides is 3.